The number of ether oxygens (including phenoxy) is 2. The van der Waals surface area contributed by atoms with Gasteiger partial charge < -0.3 is 19.7 Å². The van der Waals surface area contributed by atoms with E-state index in [1.807, 2.05) is 6.92 Å². The summed E-state index contributed by atoms with van der Waals surface area (Å²) in [5.74, 6) is 0.449. The minimum Gasteiger partial charge on any atom is -0.504 e. The van der Waals surface area contributed by atoms with Crippen molar-refractivity contribution in [3.05, 3.63) is 102 Å². The number of unbranched alkanes of at least 4 members (excludes halogenated alkanes) is 3. The van der Waals surface area contributed by atoms with Gasteiger partial charge in [0.1, 0.15) is 23.2 Å². The number of hydrogen-bond donors (Lipinski definition) is 2. The molecule has 2 N–H and O–H groups in total. The Labute approximate surface area is 227 Å². The van der Waals surface area contributed by atoms with Gasteiger partial charge in [0.25, 0.3) is 0 Å². The first-order chi connectivity index (χ1) is 18.5. The lowest BCUT2D eigenvalue weighted by Gasteiger charge is -2.27. The molecule has 0 fully saturated rings. The van der Waals surface area contributed by atoms with Gasteiger partial charge in [0.15, 0.2) is 11.5 Å². The SMILES string of the molecule is COc1c(O)c(C)c(CCCCCC[P+](c2ccccc2)(c2ccccc2)c2ccccc2)c(O)c1OC. The first kappa shape index (κ1) is 27.5. The molecule has 4 aromatic carbocycles. The summed E-state index contributed by atoms with van der Waals surface area (Å²) in [5, 5.41) is 25.6. The Hall–Kier alpha value is -3.49. The van der Waals surface area contributed by atoms with Crippen LogP contribution in [0.1, 0.15) is 36.8 Å². The molecule has 4 nitrogen and oxygen atoms in total. The normalized spacial score (nSPS) is 11.3. The predicted octanol–water partition coefficient (Wildman–Crippen LogP) is 6.52. The van der Waals surface area contributed by atoms with E-state index >= 15 is 0 Å². The highest BCUT2D eigenvalue weighted by Crippen LogP contribution is 2.56. The van der Waals surface area contributed by atoms with Gasteiger partial charge in [0.2, 0.25) is 11.5 Å². The Kier molecular flexibility index (Phi) is 9.31. The van der Waals surface area contributed by atoms with Gasteiger partial charge >= 0.3 is 0 Å². The molecule has 0 heterocycles. The molecular weight excluding hydrogens is 491 g/mol. The van der Waals surface area contributed by atoms with Crippen molar-refractivity contribution >= 4 is 23.2 Å². The molecule has 0 aliphatic heterocycles. The summed E-state index contributed by atoms with van der Waals surface area (Å²) >= 11 is 0. The fraction of sp³-hybridized carbons (Fsp3) is 0.273. The lowest BCUT2D eigenvalue weighted by atomic mass is 9.98. The lowest BCUT2D eigenvalue weighted by molar-refractivity contribution is 0.313. The molecule has 0 unspecified atom stereocenters. The monoisotopic (exact) mass is 529 g/mol. The highest BCUT2D eigenvalue weighted by atomic mass is 31.2. The highest BCUT2D eigenvalue weighted by molar-refractivity contribution is 7.95. The third-order valence-corrected chi connectivity index (χ3v) is 11.9. The van der Waals surface area contributed by atoms with Crippen LogP contribution in [0.15, 0.2) is 91.0 Å². The summed E-state index contributed by atoms with van der Waals surface area (Å²) < 4.78 is 10.6. The molecule has 38 heavy (non-hydrogen) atoms. The second-order valence-electron chi connectivity index (χ2n) is 9.57. The Morgan fingerprint density at radius 2 is 1.00 bits per heavy atom. The molecule has 0 saturated heterocycles. The summed E-state index contributed by atoms with van der Waals surface area (Å²) in [4.78, 5) is 0. The molecular formula is C33H38O4P+. The van der Waals surface area contributed by atoms with E-state index in [1.54, 1.807) is 0 Å². The van der Waals surface area contributed by atoms with Gasteiger partial charge in [-0.3, -0.25) is 0 Å². The summed E-state index contributed by atoms with van der Waals surface area (Å²) in [6.45, 7) is 1.81. The molecule has 0 amide bonds. The van der Waals surface area contributed by atoms with E-state index in [-0.39, 0.29) is 23.0 Å². The summed E-state index contributed by atoms with van der Waals surface area (Å²) in [6.07, 6.45) is 5.92. The number of benzene rings is 4. The number of phenolic OH excluding ortho intramolecular Hbond substituents is 2. The van der Waals surface area contributed by atoms with E-state index < -0.39 is 7.26 Å². The Balaban J connectivity index is 1.51. The quantitative estimate of drug-likeness (QED) is 0.125. The Morgan fingerprint density at radius 3 is 1.45 bits per heavy atom. The number of hydrogen-bond acceptors (Lipinski definition) is 4. The molecule has 5 heteroatoms. The van der Waals surface area contributed by atoms with Crippen molar-refractivity contribution in [2.45, 2.75) is 39.0 Å². The molecule has 0 aliphatic rings. The molecule has 198 valence electrons. The van der Waals surface area contributed by atoms with Gasteiger partial charge in [0.05, 0.1) is 20.4 Å². The number of methoxy groups -OCH3 is 2. The third kappa shape index (κ3) is 5.51. The van der Waals surface area contributed by atoms with Crippen LogP contribution in [0.3, 0.4) is 0 Å². The van der Waals surface area contributed by atoms with E-state index in [9.17, 15) is 10.2 Å². The minimum absolute atomic E-state index is 0.0281. The molecule has 0 saturated carbocycles. The van der Waals surface area contributed by atoms with Crippen molar-refractivity contribution in [1.29, 1.82) is 0 Å². The minimum atomic E-state index is -1.81. The highest BCUT2D eigenvalue weighted by Gasteiger charge is 2.44. The molecule has 0 aromatic heterocycles. The van der Waals surface area contributed by atoms with Crippen LogP contribution in [0.4, 0.5) is 0 Å². The third-order valence-electron chi connectivity index (χ3n) is 7.40. The predicted molar refractivity (Wildman–Crippen MR) is 160 cm³/mol. The maximum atomic E-state index is 10.8. The van der Waals surface area contributed by atoms with Crippen LogP contribution in [0.5, 0.6) is 23.0 Å². The number of rotatable bonds is 12. The average molecular weight is 530 g/mol. The van der Waals surface area contributed by atoms with Crippen LogP contribution in [0.25, 0.3) is 0 Å². The van der Waals surface area contributed by atoms with Crippen LogP contribution in [-0.4, -0.2) is 30.6 Å². The van der Waals surface area contributed by atoms with Crippen LogP contribution >= 0.6 is 7.26 Å². The zero-order valence-corrected chi connectivity index (χ0v) is 23.5. The van der Waals surface area contributed by atoms with Crippen LogP contribution in [0, 0.1) is 6.92 Å². The summed E-state index contributed by atoms with van der Waals surface area (Å²) in [6, 6.07) is 33.0. The van der Waals surface area contributed by atoms with Crippen molar-refractivity contribution in [3.63, 3.8) is 0 Å². The fourth-order valence-corrected chi connectivity index (χ4v) is 9.82. The summed E-state index contributed by atoms with van der Waals surface area (Å²) in [5.41, 5.74) is 1.36. The number of aromatic hydroxyl groups is 2. The van der Waals surface area contributed by atoms with Crippen molar-refractivity contribution in [1.82, 2.24) is 0 Å². The van der Waals surface area contributed by atoms with Gasteiger partial charge in [-0.2, -0.15) is 0 Å². The lowest BCUT2D eigenvalue weighted by Crippen LogP contribution is -2.33. The maximum absolute atomic E-state index is 10.8. The molecule has 0 aliphatic carbocycles. The molecule has 0 spiro atoms. The molecule has 0 atom stereocenters. The molecule has 4 aromatic rings. The second-order valence-corrected chi connectivity index (χ2v) is 13.2. The maximum Gasteiger partial charge on any atom is 0.207 e. The van der Waals surface area contributed by atoms with E-state index in [2.05, 4.69) is 91.0 Å². The van der Waals surface area contributed by atoms with E-state index in [0.717, 1.165) is 37.4 Å². The smallest absolute Gasteiger partial charge is 0.207 e. The van der Waals surface area contributed by atoms with Crippen molar-refractivity contribution in [2.24, 2.45) is 0 Å². The van der Waals surface area contributed by atoms with Gasteiger partial charge in [-0.1, -0.05) is 61.0 Å². The standard InChI is InChI=1S/C33H37O4P/c1-25-29(31(35)33(37-3)32(36-2)30(25)34)23-15-4-5-16-24-38(26-17-9-6-10-18-26,27-19-11-7-12-20-27)28-21-13-8-14-22-28/h6-14,17-22H,4-5,15-16,23-24H2,1-3H3,(H-,34,35)/p+1. The van der Waals surface area contributed by atoms with Gasteiger partial charge in [0, 0.05) is 11.1 Å². The van der Waals surface area contributed by atoms with Crippen molar-refractivity contribution < 1.29 is 19.7 Å². The van der Waals surface area contributed by atoms with Crippen molar-refractivity contribution in [2.75, 3.05) is 20.4 Å². The number of phenols is 2. The molecule has 0 radical (unpaired) electrons. The first-order valence-corrected chi connectivity index (χ1v) is 15.2. The average Bonchev–Trinajstić information content (AvgIpc) is 2.97. The van der Waals surface area contributed by atoms with E-state index in [4.69, 9.17) is 9.47 Å². The largest absolute Gasteiger partial charge is 0.504 e. The van der Waals surface area contributed by atoms with Crippen LogP contribution in [0.2, 0.25) is 0 Å². The van der Waals surface area contributed by atoms with E-state index in [0.29, 0.717) is 12.0 Å². The van der Waals surface area contributed by atoms with E-state index in [1.165, 1.54) is 30.1 Å². The van der Waals surface area contributed by atoms with Gasteiger partial charge in [-0.05, 0) is 69.0 Å². The zero-order valence-electron chi connectivity index (χ0n) is 22.6. The van der Waals surface area contributed by atoms with Gasteiger partial charge in [-0.15, -0.1) is 0 Å². The topological polar surface area (TPSA) is 58.9 Å². The molecule has 0 bridgehead atoms. The zero-order chi connectivity index (χ0) is 27.0. The second kappa shape index (κ2) is 12.8. The molecule has 4 rings (SSSR count). The van der Waals surface area contributed by atoms with Gasteiger partial charge in [-0.25, -0.2) is 0 Å². The Bertz CT molecular complexity index is 1210. The van der Waals surface area contributed by atoms with Crippen molar-refractivity contribution in [3.8, 4) is 23.0 Å². The Morgan fingerprint density at radius 1 is 0.579 bits per heavy atom. The fourth-order valence-electron chi connectivity index (χ4n) is 5.41. The first-order valence-electron chi connectivity index (χ1n) is 13.2. The van der Waals surface area contributed by atoms with Crippen LogP contribution < -0.4 is 25.4 Å². The van der Waals surface area contributed by atoms with Crippen LogP contribution in [-0.2, 0) is 6.42 Å². The summed E-state index contributed by atoms with van der Waals surface area (Å²) in [7, 11) is 1.12.